The van der Waals surface area contributed by atoms with Crippen LogP contribution in [0.5, 0.6) is 0 Å². The Hall–Kier alpha value is -0.190. The average Bonchev–Trinajstić information content (AvgIpc) is 2.27. The highest BCUT2D eigenvalue weighted by molar-refractivity contribution is 8.14. The highest BCUT2D eigenvalue weighted by atomic mass is 35.5. The summed E-state index contributed by atoms with van der Waals surface area (Å²) in [5, 5.41) is 0.379. The predicted molar refractivity (Wildman–Crippen MR) is 72.7 cm³/mol. The summed E-state index contributed by atoms with van der Waals surface area (Å²) in [4.78, 5) is 16.9. The van der Waals surface area contributed by atoms with Crippen LogP contribution in [-0.2, 0) is 0 Å². The zero-order valence-corrected chi connectivity index (χ0v) is 11.7. The second-order valence-corrected chi connectivity index (χ2v) is 5.81. The summed E-state index contributed by atoms with van der Waals surface area (Å²) in [6, 6.07) is 3.60. The molecule has 0 fully saturated rings. The molecule has 0 saturated heterocycles. The second-order valence-electron chi connectivity index (χ2n) is 3.05. The largest absolute Gasteiger partial charge is 0.280 e. The molecule has 16 heavy (non-hydrogen) atoms. The van der Waals surface area contributed by atoms with Crippen molar-refractivity contribution in [3.8, 4) is 0 Å². The summed E-state index contributed by atoms with van der Waals surface area (Å²) in [6.07, 6.45) is 1.07. The topological polar surface area (TPSA) is 30.0 Å². The Morgan fingerprint density at radius 1 is 1.44 bits per heavy atom. The number of hydrogen-bond donors (Lipinski definition) is 0. The van der Waals surface area contributed by atoms with Gasteiger partial charge in [-0.2, -0.15) is 0 Å². The fourth-order valence-corrected chi connectivity index (χ4v) is 2.73. The summed E-state index contributed by atoms with van der Waals surface area (Å²) in [6.45, 7) is 4.06. The van der Waals surface area contributed by atoms with Gasteiger partial charge in [0, 0.05) is 4.90 Å². The number of carbonyl (C=O) groups is 1. The van der Waals surface area contributed by atoms with Crippen LogP contribution in [0.1, 0.15) is 30.8 Å². The Balaban J connectivity index is 2.93. The molecule has 88 valence electrons. The Morgan fingerprint density at radius 3 is 2.81 bits per heavy atom. The molecule has 2 nitrogen and oxygen atoms in total. The number of pyridine rings is 1. The monoisotopic (exact) mass is 275 g/mol. The molecule has 0 aromatic carbocycles. The predicted octanol–water partition coefficient (Wildman–Crippen LogP) is 4.13. The maximum atomic E-state index is 11.8. The number of carbonyl (C=O) groups excluding carboxylic acids is 1. The van der Waals surface area contributed by atoms with E-state index in [9.17, 15) is 4.79 Å². The third kappa shape index (κ3) is 4.00. The lowest BCUT2D eigenvalue weighted by Gasteiger charge is -2.06. The van der Waals surface area contributed by atoms with Crippen LogP contribution >= 0.6 is 35.1 Å². The quantitative estimate of drug-likeness (QED) is 0.597. The van der Waals surface area contributed by atoms with E-state index in [2.05, 4.69) is 11.9 Å². The molecule has 1 rings (SSSR count). The van der Waals surface area contributed by atoms with Crippen LogP contribution in [0.25, 0.3) is 0 Å². The Labute approximate surface area is 110 Å². The van der Waals surface area contributed by atoms with Gasteiger partial charge in [0.05, 0.1) is 0 Å². The SMILES string of the molecule is CCCSc1ccc(Cl)nc1C(=O)SCC. The highest BCUT2D eigenvalue weighted by Crippen LogP contribution is 2.26. The normalized spacial score (nSPS) is 10.4. The first-order valence-corrected chi connectivity index (χ1v) is 7.50. The van der Waals surface area contributed by atoms with Crippen molar-refractivity contribution in [1.29, 1.82) is 0 Å². The van der Waals surface area contributed by atoms with Crippen molar-refractivity contribution < 1.29 is 4.79 Å². The lowest BCUT2D eigenvalue weighted by molar-refractivity contribution is 0.108. The number of hydrogen-bond acceptors (Lipinski definition) is 4. The first-order chi connectivity index (χ1) is 7.69. The van der Waals surface area contributed by atoms with Crippen molar-refractivity contribution in [2.24, 2.45) is 0 Å². The van der Waals surface area contributed by atoms with E-state index in [1.54, 1.807) is 17.8 Å². The van der Waals surface area contributed by atoms with E-state index in [1.807, 2.05) is 13.0 Å². The van der Waals surface area contributed by atoms with Crippen LogP contribution in [0.2, 0.25) is 5.15 Å². The van der Waals surface area contributed by atoms with E-state index in [0.29, 0.717) is 10.8 Å². The van der Waals surface area contributed by atoms with Gasteiger partial charge in [0.15, 0.2) is 0 Å². The lowest BCUT2D eigenvalue weighted by Crippen LogP contribution is -2.01. The summed E-state index contributed by atoms with van der Waals surface area (Å²) in [5.41, 5.74) is 0.498. The number of rotatable bonds is 5. The van der Waals surface area contributed by atoms with E-state index in [0.717, 1.165) is 22.8 Å². The molecule has 0 amide bonds. The zero-order valence-electron chi connectivity index (χ0n) is 9.33. The van der Waals surface area contributed by atoms with Gasteiger partial charge in [-0.3, -0.25) is 4.79 Å². The van der Waals surface area contributed by atoms with Crippen molar-refractivity contribution >= 4 is 40.2 Å². The minimum atomic E-state index is 0.00334. The molecule has 0 radical (unpaired) electrons. The van der Waals surface area contributed by atoms with E-state index in [1.165, 1.54) is 11.8 Å². The van der Waals surface area contributed by atoms with Crippen LogP contribution in [-0.4, -0.2) is 21.6 Å². The fourth-order valence-electron chi connectivity index (χ4n) is 1.10. The molecule has 1 aromatic rings. The fraction of sp³-hybridized carbons (Fsp3) is 0.455. The van der Waals surface area contributed by atoms with Gasteiger partial charge in [0.25, 0.3) is 0 Å². The second kappa shape index (κ2) is 7.20. The molecule has 0 aliphatic carbocycles. The number of aromatic nitrogens is 1. The molecule has 0 atom stereocenters. The third-order valence-corrected chi connectivity index (χ3v) is 3.96. The summed E-state index contributed by atoms with van der Waals surface area (Å²) in [5.74, 6) is 1.74. The van der Waals surface area contributed by atoms with E-state index < -0.39 is 0 Å². The first-order valence-electron chi connectivity index (χ1n) is 5.15. The molecule has 0 unspecified atom stereocenters. The first kappa shape index (κ1) is 13.9. The van der Waals surface area contributed by atoms with Crippen molar-refractivity contribution in [2.45, 2.75) is 25.2 Å². The summed E-state index contributed by atoms with van der Waals surface area (Å²) in [7, 11) is 0. The Bertz CT molecular complexity index is 371. The molecular formula is C11H14ClNOS2. The van der Waals surface area contributed by atoms with E-state index >= 15 is 0 Å². The molecule has 0 bridgehead atoms. The van der Waals surface area contributed by atoms with Gasteiger partial charge in [-0.15, -0.1) is 11.8 Å². The smallest absolute Gasteiger partial charge is 0.238 e. The summed E-state index contributed by atoms with van der Waals surface area (Å²) >= 11 is 8.74. The average molecular weight is 276 g/mol. The molecule has 0 aliphatic rings. The minimum absolute atomic E-state index is 0.00334. The van der Waals surface area contributed by atoms with Gasteiger partial charge in [0.2, 0.25) is 5.12 Å². The standard InChI is InChI=1S/C11H14ClNOS2/c1-3-7-16-8-5-6-9(12)13-10(8)11(14)15-4-2/h5-6H,3-4,7H2,1-2H3. The number of nitrogens with zero attached hydrogens (tertiary/aromatic N) is 1. The van der Waals surface area contributed by atoms with Gasteiger partial charge in [-0.05, 0) is 30.1 Å². The van der Waals surface area contributed by atoms with Gasteiger partial charge in [-0.25, -0.2) is 4.98 Å². The molecule has 0 aliphatic heterocycles. The molecule has 0 spiro atoms. The van der Waals surface area contributed by atoms with E-state index in [4.69, 9.17) is 11.6 Å². The maximum absolute atomic E-state index is 11.8. The van der Waals surface area contributed by atoms with Crippen LogP contribution in [0.3, 0.4) is 0 Å². The third-order valence-electron chi connectivity index (χ3n) is 1.75. The van der Waals surface area contributed by atoms with Crippen molar-refractivity contribution in [3.63, 3.8) is 0 Å². The van der Waals surface area contributed by atoms with E-state index in [-0.39, 0.29) is 5.12 Å². The van der Waals surface area contributed by atoms with Crippen molar-refractivity contribution in [3.05, 3.63) is 23.0 Å². The molecular weight excluding hydrogens is 262 g/mol. The Morgan fingerprint density at radius 2 is 2.19 bits per heavy atom. The van der Waals surface area contributed by atoms with Crippen LogP contribution in [0, 0.1) is 0 Å². The van der Waals surface area contributed by atoms with Gasteiger partial charge < -0.3 is 0 Å². The van der Waals surface area contributed by atoms with Gasteiger partial charge in [-0.1, -0.05) is 37.2 Å². The van der Waals surface area contributed by atoms with Crippen LogP contribution in [0.15, 0.2) is 17.0 Å². The van der Waals surface area contributed by atoms with Crippen LogP contribution < -0.4 is 0 Å². The molecule has 1 heterocycles. The lowest BCUT2D eigenvalue weighted by atomic mass is 10.4. The van der Waals surface area contributed by atoms with Crippen molar-refractivity contribution in [1.82, 2.24) is 4.98 Å². The minimum Gasteiger partial charge on any atom is -0.280 e. The molecule has 0 saturated carbocycles. The molecule has 0 N–H and O–H groups in total. The molecule has 5 heteroatoms. The van der Waals surface area contributed by atoms with Crippen LogP contribution in [0.4, 0.5) is 0 Å². The molecule has 1 aromatic heterocycles. The van der Waals surface area contributed by atoms with Gasteiger partial charge >= 0.3 is 0 Å². The Kier molecular flexibility index (Phi) is 6.24. The van der Waals surface area contributed by atoms with Gasteiger partial charge in [0.1, 0.15) is 10.8 Å². The zero-order chi connectivity index (χ0) is 12.0. The van der Waals surface area contributed by atoms with Crippen molar-refractivity contribution in [2.75, 3.05) is 11.5 Å². The number of halogens is 1. The summed E-state index contributed by atoms with van der Waals surface area (Å²) < 4.78 is 0. The number of thioether (sulfide) groups is 2. The maximum Gasteiger partial charge on any atom is 0.238 e. The highest BCUT2D eigenvalue weighted by Gasteiger charge is 2.14.